The van der Waals surface area contributed by atoms with Crippen LogP contribution in [0, 0.1) is 5.92 Å². The lowest BCUT2D eigenvalue weighted by Crippen LogP contribution is -2.43. The van der Waals surface area contributed by atoms with Crippen LogP contribution in [-0.2, 0) is 16.0 Å². The number of carboxylic acid groups (broad SMARTS) is 1. The summed E-state index contributed by atoms with van der Waals surface area (Å²) in [5.41, 5.74) is 1.58. The zero-order valence-corrected chi connectivity index (χ0v) is 16.1. The minimum Gasteiger partial charge on any atom is -0.493 e. The van der Waals surface area contributed by atoms with E-state index < -0.39 is 11.9 Å². The number of carbonyl (C=O) groups is 2. The molecular weight excluding hydrogens is 368 g/mol. The molecule has 1 aromatic heterocycles. The highest BCUT2D eigenvalue weighted by molar-refractivity contribution is 7.13. The van der Waals surface area contributed by atoms with Crippen molar-refractivity contribution in [3.8, 4) is 22.1 Å². The number of hydrogen-bond acceptors (Lipinski definition) is 6. The Labute approximate surface area is 161 Å². The van der Waals surface area contributed by atoms with E-state index >= 15 is 0 Å². The van der Waals surface area contributed by atoms with Crippen molar-refractivity contribution in [3.63, 3.8) is 0 Å². The smallest absolute Gasteiger partial charge is 0.308 e. The molecule has 2 aromatic rings. The van der Waals surface area contributed by atoms with Gasteiger partial charge < -0.3 is 19.5 Å². The Kier molecular flexibility index (Phi) is 5.95. The summed E-state index contributed by atoms with van der Waals surface area (Å²) < 4.78 is 10.6. The van der Waals surface area contributed by atoms with Crippen molar-refractivity contribution in [2.75, 3.05) is 27.3 Å². The van der Waals surface area contributed by atoms with Crippen LogP contribution in [-0.4, -0.2) is 54.2 Å². The number of carboxylic acids is 1. The van der Waals surface area contributed by atoms with Gasteiger partial charge in [0.15, 0.2) is 11.5 Å². The molecule has 3 rings (SSSR count). The van der Waals surface area contributed by atoms with Crippen molar-refractivity contribution in [3.05, 3.63) is 29.3 Å². The highest BCUT2D eigenvalue weighted by Gasteiger charge is 2.28. The van der Waals surface area contributed by atoms with Gasteiger partial charge in [-0.3, -0.25) is 9.59 Å². The second-order valence-electron chi connectivity index (χ2n) is 6.41. The monoisotopic (exact) mass is 390 g/mol. The Balaban J connectivity index is 1.69. The number of amides is 1. The maximum absolute atomic E-state index is 12.5. The van der Waals surface area contributed by atoms with E-state index in [2.05, 4.69) is 4.98 Å². The maximum Gasteiger partial charge on any atom is 0.308 e. The number of rotatable bonds is 6. The number of ether oxygens (including phenoxy) is 2. The Hall–Kier alpha value is -2.61. The number of hydrogen-bond donors (Lipinski definition) is 1. The standard InChI is InChI=1S/C19H22N2O5S/c1-25-15-6-5-12(8-16(15)26-2)18-20-14(11-27-18)9-17(22)21-7-3-4-13(10-21)19(23)24/h5-6,8,11,13H,3-4,7,9-10H2,1-2H3,(H,23,24)/t13-/m0/s1. The molecule has 1 saturated heterocycles. The zero-order chi connectivity index (χ0) is 19.4. The van der Waals surface area contributed by atoms with E-state index in [1.165, 1.54) is 11.3 Å². The average Bonchev–Trinajstić information content (AvgIpc) is 3.15. The van der Waals surface area contributed by atoms with Crippen LogP contribution in [0.25, 0.3) is 10.6 Å². The predicted molar refractivity (Wildman–Crippen MR) is 101 cm³/mol. The number of piperidine rings is 1. The van der Waals surface area contributed by atoms with E-state index in [1.54, 1.807) is 19.1 Å². The molecular formula is C19H22N2O5S. The third-order valence-electron chi connectivity index (χ3n) is 4.64. The van der Waals surface area contributed by atoms with Crippen molar-refractivity contribution >= 4 is 23.2 Å². The van der Waals surface area contributed by atoms with Gasteiger partial charge in [0.05, 0.1) is 32.3 Å². The largest absolute Gasteiger partial charge is 0.493 e. The summed E-state index contributed by atoms with van der Waals surface area (Å²) in [7, 11) is 3.16. The van der Waals surface area contributed by atoms with Crippen molar-refractivity contribution in [1.82, 2.24) is 9.88 Å². The molecule has 0 bridgehead atoms. The first-order valence-corrected chi connectivity index (χ1v) is 9.57. The van der Waals surface area contributed by atoms with Crippen molar-refractivity contribution in [2.45, 2.75) is 19.3 Å². The molecule has 1 atom stereocenters. The minimum absolute atomic E-state index is 0.0786. The molecule has 0 spiro atoms. The van der Waals surface area contributed by atoms with Gasteiger partial charge >= 0.3 is 5.97 Å². The van der Waals surface area contributed by atoms with Gasteiger partial charge in [-0.2, -0.15) is 0 Å². The molecule has 27 heavy (non-hydrogen) atoms. The molecule has 7 nitrogen and oxygen atoms in total. The molecule has 1 aromatic carbocycles. The fourth-order valence-corrected chi connectivity index (χ4v) is 3.98. The van der Waals surface area contributed by atoms with Gasteiger partial charge in [-0.05, 0) is 31.0 Å². The first-order chi connectivity index (χ1) is 13.0. The number of methoxy groups -OCH3 is 2. The Morgan fingerprint density at radius 1 is 1.30 bits per heavy atom. The second kappa shape index (κ2) is 8.39. The van der Waals surface area contributed by atoms with Crippen LogP contribution in [0.15, 0.2) is 23.6 Å². The highest BCUT2D eigenvalue weighted by Crippen LogP contribution is 2.33. The second-order valence-corrected chi connectivity index (χ2v) is 7.27. The summed E-state index contributed by atoms with van der Waals surface area (Å²) in [5.74, 6) is -0.121. The highest BCUT2D eigenvalue weighted by atomic mass is 32.1. The summed E-state index contributed by atoms with van der Waals surface area (Å²) in [6, 6.07) is 5.57. The van der Waals surface area contributed by atoms with Crippen LogP contribution in [0.2, 0.25) is 0 Å². The summed E-state index contributed by atoms with van der Waals surface area (Å²) in [5, 5.41) is 11.8. The molecule has 2 heterocycles. The van der Waals surface area contributed by atoms with E-state index in [1.807, 2.05) is 23.6 Å². The third-order valence-corrected chi connectivity index (χ3v) is 5.58. The van der Waals surface area contributed by atoms with Gasteiger partial charge in [0.25, 0.3) is 0 Å². The van der Waals surface area contributed by atoms with E-state index in [0.29, 0.717) is 30.2 Å². The van der Waals surface area contributed by atoms with Crippen molar-refractivity contribution in [1.29, 1.82) is 0 Å². The van der Waals surface area contributed by atoms with E-state index in [9.17, 15) is 9.59 Å². The van der Waals surface area contributed by atoms with Crippen LogP contribution in [0.1, 0.15) is 18.5 Å². The lowest BCUT2D eigenvalue weighted by molar-refractivity contribution is -0.145. The van der Waals surface area contributed by atoms with Gasteiger partial charge in [0.1, 0.15) is 5.01 Å². The quantitative estimate of drug-likeness (QED) is 0.816. The first-order valence-electron chi connectivity index (χ1n) is 8.69. The van der Waals surface area contributed by atoms with Crippen LogP contribution >= 0.6 is 11.3 Å². The number of thiazole rings is 1. The Bertz CT molecular complexity index is 835. The molecule has 1 aliphatic rings. The number of likely N-dealkylation sites (tertiary alicyclic amines) is 1. The fourth-order valence-electron chi connectivity index (χ4n) is 3.16. The lowest BCUT2D eigenvalue weighted by Gasteiger charge is -2.30. The third kappa shape index (κ3) is 4.39. The fraction of sp³-hybridized carbons (Fsp3) is 0.421. The number of aliphatic carboxylic acids is 1. The van der Waals surface area contributed by atoms with Gasteiger partial charge in [-0.1, -0.05) is 0 Å². The molecule has 8 heteroatoms. The number of benzene rings is 1. The first kappa shape index (κ1) is 19.2. The van der Waals surface area contributed by atoms with Gasteiger partial charge in [-0.15, -0.1) is 11.3 Å². The van der Waals surface area contributed by atoms with Crippen LogP contribution in [0.4, 0.5) is 0 Å². The van der Waals surface area contributed by atoms with E-state index in [-0.39, 0.29) is 18.9 Å². The summed E-state index contributed by atoms with van der Waals surface area (Å²) >= 11 is 1.46. The van der Waals surface area contributed by atoms with Gasteiger partial charge in [0.2, 0.25) is 5.91 Å². The van der Waals surface area contributed by atoms with E-state index in [0.717, 1.165) is 17.0 Å². The molecule has 1 fully saturated rings. The molecule has 1 amide bonds. The van der Waals surface area contributed by atoms with Crippen LogP contribution < -0.4 is 9.47 Å². The predicted octanol–water partition coefficient (Wildman–Crippen LogP) is 2.69. The molecule has 1 N–H and O–H groups in total. The van der Waals surface area contributed by atoms with Crippen LogP contribution in [0.5, 0.6) is 11.5 Å². The lowest BCUT2D eigenvalue weighted by atomic mass is 9.98. The SMILES string of the molecule is COc1ccc(-c2nc(CC(=O)N3CCC[C@H](C(=O)O)C3)cs2)cc1OC. The van der Waals surface area contributed by atoms with Crippen molar-refractivity contribution < 1.29 is 24.2 Å². The zero-order valence-electron chi connectivity index (χ0n) is 15.3. The number of nitrogens with zero attached hydrogens (tertiary/aromatic N) is 2. The summed E-state index contributed by atoms with van der Waals surface area (Å²) in [6.45, 7) is 0.885. The molecule has 144 valence electrons. The normalized spacial score (nSPS) is 16.8. The topological polar surface area (TPSA) is 89.0 Å². The summed E-state index contributed by atoms with van der Waals surface area (Å²) in [4.78, 5) is 29.9. The summed E-state index contributed by atoms with van der Waals surface area (Å²) in [6.07, 6.45) is 1.52. The minimum atomic E-state index is -0.836. The Morgan fingerprint density at radius 2 is 2.07 bits per heavy atom. The van der Waals surface area contributed by atoms with Gasteiger partial charge in [-0.25, -0.2) is 4.98 Å². The molecule has 0 unspecified atom stereocenters. The Morgan fingerprint density at radius 3 is 2.78 bits per heavy atom. The average molecular weight is 390 g/mol. The molecule has 0 saturated carbocycles. The molecule has 1 aliphatic heterocycles. The van der Waals surface area contributed by atoms with E-state index in [4.69, 9.17) is 14.6 Å². The van der Waals surface area contributed by atoms with Gasteiger partial charge in [0, 0.05) is 24.0 Å². The van der Waals surface area contributed by atoms with Crippen molar-refractivity contribution in [2.24, 2.45) is 5.92 Å². The number of carbonyl (C=O) groups excluding carboxylic acids is 1. The molecule has 0 aliphatic carbocycles. The molecule has 0 radical (unpaired) electrons. The van der Waals surface area contributed by atoms with Crippen LogP contribution in [0.3, 0.4) is 0 Å². The maximum atomic E-state index is 12.5. The number of aromatic nitrogens is 1.